The van der Waals surface area contributed by atoms with Gasteiger partial charge in [-0.05, 0) is 80.5 Å². The smallest absolute Gasteiger partial charge is 0.341 e. The average Bonchev–Trinajstić information content (AvgIpc) is 3.16. The number of fused-ring (bicyclic) bond motifs is 1. The molecule has 178 valence electrons. The Bertz CT molecular complexity index is 1380. The number of carbonyl (C=O) groups is 2. The molecule has 1 heterocycles. The van der Waals surface area contributed by atoms with Crippen molar-refractivity contribution >= 4 is 43.9 Å². The van der Waals surface area contributed by atoms with E-state index in [2.05, 4.69) is 10.0 Å². The first kappa shape index (κ1) is 24.0. The first-order valence-electron chi connectivity index (χ1n) is 10.9. The SMILES string of the molecule is COC(=O)c1c(NC(=O)c2ccc(C)c(S(=O)(=O)Nc3cccc(C)c3)c2)sc2c1CCCC2. The van der Waals surface area contributed by atoms with Crippen molar-refractivity contribution in [3.8, 4) is 0 Å². The van der Waals surface area contributed by atoms with Crippen LogP contribution in [-0.2, 0) is 27.6 Å². The molecule has 0 radical (unpaired) electrons. The molecule has 1 aliphatic rings. The minimum absolute atomic E-state index is 0.0142. The van der Waals surface area contributed by atoms with Crippen molar-refractivity contribution in [3.05, 3.63) is 75.2 Å². The molecule has 4 rings (SSSR count). The second-order valence-electron chi connectivity index (χ2n) is 8.32. The van der Waals surface area contributed by atoms with Gasteiger partial charge in [0.2, 0.25) is 0 Å². The molecule has 0 fully saturated rings. The highest BCUT2D eigenvalue weighted by Gasteiger charge is 2.27. The summed E-state index contributed by atoms with van der Waals surface area (Å²) in [5.41, 5.74) is 3.40. The lowest BCUT2D eigenvalue weighted by atomic mass is 9.95. The number of nitrogens with one attached hydrogen (secondary N) is 2. The van der Waals surface area contributed by atoms with Crippen molar-refractivity contribution in [3.63, 3.8) is 0 Å². The molecule has 0 spiro atoms. The van der Waals surface area contributed by atoms with Crippen LogP contribution in [-0.4, -0.2) is 27.4 Å². The number of amides is 1. The second-order valence-corrected chi connectivity index (χ2v) is 11.1. The number of anilines is 2. The average molecular weight is 499 g/mol. The maximum Gasteiger partial charge on any atom is 0.341 e. The summed E-state index contributed by atoms with van der Waals surface area (Å²) in [5.74, 6) is -0.972. The van der Waals surface area contributed by atoms with Crippen LogP contribution in [0.25, 0.3) is 0 Å². The van der Waals surface area contributed by atoms with E-state index in [1.165, 1.54) is 24.5 Å². The van der Waals surface area contributed by atoms with E-state index in [1.54, 1.807) is 37.3 Å². The zero-order chi connectivity index (χ0) is 24.5. The number of ether oxygens (including phenoxy) is 1. The van der Waals surface area contributed by atoms with Gasteiger partial charge in [-0.25, -0.2) is 13.2 Å². The molecule has 2 N–H and O–H groups in total. The van der Waals surface area contributed by atoms with Crippen LogP contribution in [0.4, 0.5) is 10.7 Å². The number of carbonyl (C=O) groups excluding carboxylic acids is 2. The molecule has 0 saturated carbocycles. The molecule has 1 aromatic heterocycles. The molecule has 2 aromatic carbocycles. The van der Waals surface area contributed by atoms with Crippen LogP contribution in [0.1, 0.15) is 55.1 Å². The molecule has 0 atom stereocenters. The third-order valence-corrected chi connectivity index (χ3v) is 8.53. The minimum Gasteiger partial charge on any atom is -0.465 e. The molecule has 9 heteroatoms. The van der Waals surface area contributed by atoms with E-state index in [9.17, 15) is 18.0 Å². The Hall–Kier alpha value is -3.17. The molecule has 3 aromatic rings. The molecular formula is C25H26N2O5S2. The largest absolute Gasteiger partial charge is 0.465 e. The zero-order valence-corrected chi connectivity index (χ0v) is 20.9. The fourth-order valence-corrected chi connectivity index (χ4v) is 6.69. The highest BCUT2D eigenvalue weighted by Crippen LogP contribution is 2.38. The summed E-state index contributed by atoms with van der Waals surface area (Å²) < 4.78 is 33.7. The Kier molecular flexibility index (Phi) is 6.77. The standard InChI is InChI=1S/C25H26N2O5S2/c1-15-7-6-8-18(13-15)27-34(30,31)21-14-17(12-11-16(21)2)23(28)26-24-22(25(29)32-3)19-9-4-5-10-20(19)33-24/h6-8,11-14,27H,4-5,9-10H2,1-3H3,(H,26,28). The normalized spacial score (nSPS) is 13.1. The van der Waals surface area contributed by atoms with E-state index < -0.39 is 21.9 Å². The Balaban J connectivity index is 1.64. The summed E-state index contributed by atoms with van der Waals surface area (Å²) in [4.78, 5) is 26.7. The first-order chi connectivity index (χ1) is 16.2. The van der Waals surface area contributed by atoms with E-state index in [0.29, 0.717) is 21.8 Å². The van der Waals surface area contributed by atoms with Gasteiger partial charge in [0.25, 0.3) is 15.9 Å². The maximum atomic E-state index is 13.1. The Morgan fingerprint density at radius 3 is 2.53 bits per heavy atom. The number of thiophene rings is 1. The second kappa shape index (κ2) is 9.60. The quantitative estimate of drug-likeness (QED) is 0.461. The van der Waals surface area contributed by atoms with Crippen molar-refractivity contribution in [1.82, 2.24) is 0 Å². The number of aryl methyl sites for hydroxylation is 3. The van der Waals surface area contributed by atoms with Crippen LogP contribution in [0, 0.1) is 13.8 Å². The molecular weight excluding hydrogens is 472 g/mol. The van der Waals surface area contributed by atoms with Gasteiger partial charge in [0.05, 0.1) is 17.6 Å². The van der Waals surface area contributed by atoms with E-state index in [1.807, 2.05) is 13.0 Å². The maximum absolute atomic E-state index is 13.1. The lowest BCUT2D eigenvalue weighted by molar-refractivity contribution is 0.0601. The van der Waals surface area contributed by atoms with E-state index >= 15 is 0 Å². The van der Waals surface area contributed by atoms with Gasteiger partial charge in [-0.15, -0.1) is 11.3 Å². The summed E-state index contributed by atoms with van der Waals surface area (Å²) in [7, 11) is -2.60. The van der Waals surface area contributed by atoms with Crippen LogP contribution >= 0.6 is 11.3 Å². The van der Waals surface area contributed by atoms with Crippen LogP contribution in [0.5, 0.6) is 0 Å². The fraction of sp³-hybridized carbons (Fsp3) is 0.280. The Morgan fingerprint density at radius 1 is 1.03 bits per heavy atom. The number of rotatable bonds is 6. The van der Waals surface area contributed by atoms with Gasteiger partial charge >= 0.3 is 5.97 Å². The third-order valence-electron chi connectivity index (χ3n) is 5.80. The molecule has 0 unspecified atom stereocenters. The van der Waals surface area contributed by atoms with Gasteiger partial charge in [0.1, 0.15) is 5.00 Å². The number of sulfonamides is 1. The summed E-state index contributed by atoms with van der Waals surface area (Å²) in [6, 6.07) is 11.6. The minimum atomic E-state index is -3.92. The molecule has 1 aliphatic carbocycles. The number of hydrogen-bond acceptors (Lipinski definition) is 6. The number of methoxy groups -OCH3 is 1. The van der Waals surface area contributed by atoms with Crippen molar-refractivity contribution in [2.75, 3.05) is 17.1 Å². The van der Waals surface area contributed by atoms with Crippen LogP contribution in [0.2, 0.25) is 0 Å². The Morgan fingerprint density at radius 2 is 1.79 bits per heavy atom. The van der Waals surface area contributed by atoms with Gasteiger partial charge < -0.3 is 10.1 Å². The molecule has 0 aliphatic heterocycles. The fourth-order valence-electron chi connectivity index (χ4n) is 4.10. The Labute approximate surface area is 203 Å². The lowest BCUT2D eigenvalue weighted by Gasteiger charge is -2.13. The zero-order valence-electron chi connectivity index (χ0n) is 19.2. The van der Waals surface area contributed by atoms with E-state index in [-0.39, 0.29) is 10.5 Å². The lowest BCUT2D eigenvalue weighted by Crippen LogP contribution is -2.18. The van der Waals surface area contributed by atoms with Crippen LogP contribution in [0.15, 0.2) is 47.4 Å². The molecule has 0 bridgehead atoms. The first-order valence-corrected chi connectivity index (χ1v) is 13.2. The van der Waals surface area contributed by atoms with Crippen molar-refractivity contribution < 1.29 is 22.7 Å². The number of hydrogen-bond donors (Lipinski definition) is 2. The van der Waals surface area contributed by atoms with Gasteiger partial charge in [0, 0.05) is 16.1 Å². The highest BCUT2D eigenvalue weighted by molar-refractivity contribution is 7.92. The molecule has 0 saturated heterocycles. The highest BCUT2D eigenvalue weighted by atomic mass is 32.2. The molecule has 1 amide bonds. The number of esters is 1. The van der Waals surface area contributed by atoms with Crippen LogP contribution < -0.4 is 10.0 Å². The van der Waals surface area contributed by atoms with Crippen molar-refractivity contribution in [2.45, 2.75) is 44.4 Å². The summed E-state index contributed by atoms with van der Waals surface area (Å²) in [6.45, 7) is 3.55. The van der Waals surface area contributed by atoms with Crippen LogP contribution in [0.3, 0.4) is 0 Å². The molecule has 34 heavy (non-hydrogen) atoms. The van der Waals surface area contributed by atoms with Gasteiger partial charge in [-0.2, -0.15) is 0 Å². The topological polar surface area (TPSA) is 102 Å². The van der Waals surface area contributed by atoms with Crippen molar-refractivity contribution in [1.29, 1.82) is 0 Å². The summed E-state index contributed by atoms with van der Waals surface area (Å²) in [6.07, 6.45) is 3.64. The van der Waals surface area contributed by atoms with E-state index in [4.69, 9.17) is 4.74 Å². The molecule has 7 nitrogen and oxygen atoms in total. The van der Waals surface area contributed by atoms with E-state index in [0.717, 1.165) is 41.7 Å². The summed E-state index contributed by atoms with van der Waals surface area (Å²) >= 11 is 1.38. The van der Waals surface area contributed by atoms with Gasteiger partial charge in [-0.3, -0.25) is 9.52 Å². The van der Waals surface area contributed by atoms with Gasteiger partial charge in [0.15, 0.2) is 0 Å². The monoisotopic (exact) mass is 498 g/mol. The predicted octanol–water partition coefficient (Wildman–Crippen LogP) is 5.08. The number of benzene rings is 2. The predicted molar refractivity (Wildman–Crippen MR) is 133 cm³/mol. The summed E-state index contributed by atoms with van der Waals surface area (Å²) in [5, 5.41) is 3.25. The van der Waals surface area contributed by atoms with Crippen molar-refractivity contribution in [2.24, 2.45) is 0 Å². The van der Waals surface area contributed by atoms with Gasteiger partial charge in [-0.1, -0.05) is 18.2 Å². The third kappa shape index (κ3) is 4.85.